The second-order valence-electron chi connectivity index (χ2n) is 9.59. The Morgan fingerprint density at radius 2 is 1.86 bits per heavy atom. The lowest BCUT2D eigenvalue weighted by molar-refractivity contribution is -0.115. The molecule has 0 fully saturated rings. The summed E-state index contributed by atoms with van der Waals surface area (Å²) in [6.07, 6.45) is 0. The van der Waals surface area contributed by atoms with E-state index in [1.807, 2.05) is 19.1 Å². The lowest BCUT2D eigenvalue weighted by atomic mass is 9.85. The molecule has 0 atom stereocenters. The van der Waals surface area contributed by atoms with Gasteiger partial charge in [-0.3, -0.25) is 19.8 Å². The number of ketones is 2. The summed E-state index contributed by atoms with van der Waals surface area (Å²) in [7, 11) is 1.51. The van der Waals surface area contributed by atoms with Crippen LogP contribution in [0.2, 0.25) is 0 Å². The SMILES string of the molecule is Br.CCOc1cc2c(nc1C(=O)NC)C(=N)N(CC(=O)c1cc(NCC(C)=O)cc(C(C)(C)C)c1)C2. The minimum absolute atomic E-state index is 0. The minimum Gasteiger partial charge on any atom is -0.491 e. The fourth-order valence-electron chi connectivity index (χ4n) is 3.79. The van der Waals surface area contributed by atoms with Crippen LogP contribution in [0.3, 0.4) is 0 Å². The van der Waals surface area contributed by atoms with Crippen molar-refractivity contribution >= 4 is 46.0 Å². The minimum atomic E-state index is -0.400. The van der Waals surface area contributed by atoms with E-state index in [4.69, 9.17) is 10.1 Å². The molecule has 1 aromatic heterocycles. The number of anilines is 1. The number of ether oxygens (including phenoxy) is 1. The van der Waals surface area contributed by atoms with Gasteiger partial charge in [0.1, 0.15) is 17.3 Å². The molecule has 1 aromatic carbocycles. The molecule has 0 bridgehead atoms. The molecule has 0 saturated heterocycles. The Kier molecular flexibility index (Phi) is 9.37. The van der Waals surface area contributed by atoms with Gasteiger partial charge in [0.2, 0.25) is 0 Å². The number of aromatic nitrogens is 1. The van der Waals surface area contributed by atoms with Crippen LogP contribution in [-0.4, -0.2) is 59.9 Å². The van der Waals surface area contributed by atoms with Gasteiger partial charge in [-0.1, -0.05) is 20.8 Å². The van der Waals surface area contributed by atoms with Crippen LogP contribution in [0, 0.1) is 5.41 Å². The Bertz CT molecular complexity index is 1190. The number of nitrogens with one attached hydrogen (secondary N) is 3. The Morgan fingerprint density at radius 1 is 1.17 bits per heavy atom. The summed E-state index contributed by atoms with van der Waals surface area (Å²) in [5.74, 6) is -0.120. The van der Waals surface area contributed by atoms with E-state index in [-0.39, 0.29) is 58.6 Å². The number of halogens is 1. The average molecular weight is 560 g/mol. The lowest BCUT2D eigenvalue weighted by Crippen LogP contribution is -2.31. The van der Waals surface area contributed by atoms with Gasteiger partial charge in [-0.25, -0.2) is 4.98 Å². The van der Waals surface area contributed by atoms with Crippen LogP contribution in [0.1, 0.15) is 72.3 Å². The predicted octanol–water partition coefficient (Wildman–Crippen LogP) is 3.74. The molecule has 3 N–H and O–H groups in total. The highest BCUT2D eigenvalue weighted by molar-refractivity contribution is 8.93. The fourth-order valence-corrected chi connectivity index (χ4v) is 3.79. The number of Topliss-reactive ketones (excluding diaryl/α,β-unsaturated/α-hetero) is 2. The van der Waals surface area contributed by atoms with Crippen LogP contribution in [0.25, 0.3) is 0 Å². The van der Waals surface area contributed by atoms with Gasteiger partial charge < -0.3 is 20.3 Å². The number of pyridine rings is 1. The number of benzene rings is 1. The maximum absolute atomic E-state index is 13.3. The normalized spacial score (nSPS) is 12.5. The van der Waals surface area contributed by atoms with Gasteiger partial charge >= 0.3 is 0 Å². The molecule has 0 radical (unpaired) electrons. The summed E-state index contributed by atoms with van der Waals surface area (Å²) in [5, 5.41) is 14.2. The third kappa shape index (κ3) is 6.48. The number of carbonyl (C=O) groups excluding carboxylic acids is 3. The van der Waals surface area contributed by atoms with Crippen molar-refractivity contribution in [3.05, 3.63) is 52.3 Å². The number of carbonyl (C=O) groups is 3. The third-order valence-corrected chi connectivity index (χ3v) is 5.71. The van der Waals surface area contributed by atoms with E-state index in [0.717, 1.165) is 11.1 Å². The van der Waals surface area contributed by atoms with E-state index in [1.54, 1.807) is 17.0 Å². The number of hydrogen-bond donors (Lipinski definition) is 3. The first-order chi connectivity index (χ1) is 16.4. The largest absolute Gasteiger partial charge is 0.491 e. The first kappa shape index (κ1) is 29.0. The van der Waals surface area contributed by atoms with E-state index in [0.29, 0.717) is 35.8 Å². The molecule has 2 heterocycles. The zero-order valence-electron chi connectivity index (χ0n) is 21.6. The van der Waals surface area contributed by atoms with Crippen molar-refractivity contribution in [2.24, 2.45) is 0 Å². The Morgan fingerprint density at radius 3 is 2.44 bits per heavy atom. The molecule has 0 saturated carbocycles. The average Bonchev–Trinajstić information content (AvgIpc) is 3.10. The van der Waals surface area contributed by atoms with Crippen LogP contribution < -0.4 is 15.4 Å². The monoisotopic (exact) mass is 559 g/mol. The van der Waals surface area contributed by atoms with Gasteiger partial charge in [0.15, 0.2) is 17.2 Å². The summed E-state index contributed by atoms with van der Waals surface area (Å²) in [5.41, 5.74) is 3.18. The number of hydrogen-bond acceptors (Lipinski definition) is 7. The maximum Gasteiger partial charge on any atom is 0.273 e. The molecule has 0 spiro atoms. The third-order valence-electron chi connectivity index (χ3n) is 5.71. The van der Waals surface area contributed by atoms with Crippen LogP contribution in [0.15, 0.2) is 24.3 Å². The molecule has 9 nitrogen and oxygen atoms in total. The molecule has 1 aliphatic rings. The first-order valence-electron chi connectivity index (χ1n) is 11.6. The smallest absolute Gasteiger partial charge is 0.273 e. The molecule has 1 aliphatic heterocycles. The predicted molar refractivity (Wildman–Crippen MR) is 145 cm³/mol. The summed E-state index contributed by atoms with van der Waals surface area (Å²) < 4.78 is 5.59. The molecule has 0 aliphatic carbocycles. The highest BCUT2D eigenvalue weighted by Gasteiger charge is 2.31. The standard InChI is InChI=1S/C26H33N5O4.BrH/c1-7-35-21-10-17-13-31(24(27)22(17)30-23(21)25(34)28-6)14-20(33)16-8-18(26(3,4)5)11-19(9-16)29-12-15(2)32;/h8-11,27,29H,7,12-14H2,1-6H3,(H,28,34);1H. The molecule has 0 unspecified atom stereocenters. The van der Waals surface area contributed by atoms with Crippen molar-refractivity contribution in [1.82, 2.24) is 15.2 Å². The number of nitrogens with zero attached hydrogens (tertiary/aromatic N) is 2. The summed E-state index contributed by atoms with van der Waals surface area (Å²) in [4.78, 5) is 43.1. The second kappa shape index (κ2) is 11.6. The molecular formula is C26H34BrN5O4. The quantitative estimate of drug-likeness (QED) is 0.399. The van der Waals surface area contributed by atoms with Gasteiger partial charge in [0, 0.05) is 30.4 Å². The van der Waals surface area contributed by atoms with Gasteiger partial charge in [-0.15, -0.1) is 17.0 Å². The number of fused-ring (bicyclic) bond motifs is 1. The van der Waals surface area contributed by atoms with Crippen molar-refractivity contribution in [1.29, 1.82) is 5.41 Å². The molecule has 10 heteroatoms. The van der Waals surface area contributed by atoms with Crippen LogP contribution in [-0.2, 0) is 16.8 Å². The molecule has 2 aromatic rings. The van der Waals surface area contributed by atoms with Crippen LogP contribution in [0.4, 0.5) is 5.69 Å². The van der Waals surface area contributed by atoms with Crippen molar-refractivity contribution in [2.45, 2.75) is 46.6 Å². The van der Waals surface area contributed by atoms with Gasteiger partial charge in [-0.2, -0.15) is 0 Å². The number of rotatable bonds is 9. The zero-order chi connectivity index (χ0) is 25.9. The summed E-state index contributed by atoms with van der Waals surface area (Å²) >= 11 is 0. The molecule has 3 rings (SSSR count). The Balaban J connectivity index is 0.00000456. The highest BCUT2D eigenvalue weighted by Crippen LogP contribution is 2.30. The Labute approximate surface area is 222 Å². The first-order valence-corrected chi connectivity index (χ1v) is 11.6. The fraction of sp³-hybridized carbons (Fsp3) is 0.423. The van der Waals surface area contributed by atoms with Gasteiger partial charge in [-0.05, 0) is 49.1 Å². The lowest BCUT2D eigenvalue weighted by Gasteiger charge is -2.22. The van der Waals surface area contributed by atoms with Gasteiger partial charge in [0.25, 0.3) is 5.91 Å². The molecule has 1 amide bonds. The van der Waals surface area contributed by atoms with Crippen molar-refractivity contribution in [3.63, 3.8) is 0 Å². The van der Waals surface area contributed by atoms with Crippen LogP contribution >= 0.6 is 17.0 Å². The van der Waals surface area contributed by atoms with E-state index in [2.05, 4.69) is 36.4 Å². The Hall–Kier alpha value is -3.27. The molecule has 36 heavy (non-hydrogen) atoms. The van der Waals surface area contributed by atoms with Crippen molar-refractivity contribution in [2.75, 3.05) is 32.1 Å². The van der Waals surface area contributed by atoms with Gasteiger partial charge in [0.05, 0.1) is 19.7 Å². The molecule has 194 valence electrons. The van der Waals surface area contributed by atoms with E-state index < -0.39 is 5.91 Å². The maximum atomic E-state index is 13.3. The van der Waals surface area contributed by atoms with E-state index in [1.165, 1.54) is 14.0 Å². The second-order valence-corrected chi connectivity index (χ2v) is 9.59. The van der Waals surface area contributed by atoms with Crippen molar-refractivity contribution < 1.29 is 19.1 Å². The van der Waals surface area contributed by atoms with E-state index >= 15 is 0 Å². The topological polar surface area (TPSA) is 124 Å². The van der Waals surface area contributed by atoms with Crippen molar-refractivity contribution in [3.8, 4) is 5.75 Å². The number of amidine groups is 1. The summed E-state index contributed by atoms with van der Waals surface area (Å²) in [6.45, 7) is 10.3. The summed E-state index contributed by atoms with van der Waals surface area (Å²) in [6, 6.07) is 7.28. The highest BCUT2D eigenvalue weighted by atomic mass is 79.9. The van der Waals surface area contributed by atoms with E-state index in [9.17, 15) is 14.4 Å². The zero-order valence-corrected chi connectivity index (χ0v) is 23.3. The van der Waals surface area contributed by atoms with Crippen LogP contribution in [0.5, 0.6) is 5.75 Å². The number of amides is 1. The molecular weight excluding hydrogens is 526 g/mol.